The molecule has 1 aliphatic heterocycles. The molecule has 0 spiro atoms. The van der Waals surface area contributed by atoms with Crippen molar-refractivity contribution in [2.45, 2.75) is 19.9 Å². The number of thiophene rings is 1. The van der Waals surface area contributed by atoms with E-state index < -0.39 is 0 Å². The molecule has 0 aliphatic carbocycles. The fourth-order valence-corrected chi connectivity index (χ4v) is 2.67. The maximum Gasteiger partial charge on any atom is 0.144 e. The minimum absolute atomic E-state index is 0.0231. The molecule has 0 fully saturated rings. The molecular formula is C11H14N2OS. The first-order chi connectivity index (χ1) is 7.24. The number of methoxy groups -OCH3 is 1. The lowest BCUT2D eigenvalue weighted by atomic mass is 10.1. The molecule has 3 nitrogen and oxygen atoms in total. The van der Waals surface area contributed by atoms with E-state index in [9.17, 15) is 0 Å². The number of hydrogen-bond donors (Lipinski definition) is 1. The summed E-state index contributed by atoms with van der Waals surface area (Å²) in [6.07, 6.45) is 3.56. The number of hydrogen-bond acceptors (Lipinski definition) is 4. The standard InChI is InChI=1S/C11H14N2OS/c1-7-5-15-11(8(7)2)10-9(14-3)4-12-6-13-10/h4-6,10H,1-3H3,(H,12,13). The van der Waals surface area contributed by atoms with E-state index in [1.54, 1.807) is 24.8 Å². The number of aliphatic imine (C=N–C) groups is 1. The molecule has 0 aromatic carbocycles. The van der Waals surface area contributed by atoms with Crippen molar-refractivity contribution in [3.05, 3.63) is 33.3 Å². The minimum Gasteiger partial charge on any atom is -0.497 e. The molecular weight excluding hydrogens is 208 g/mol. The van der Waals surface area contributed by atoms with Crippen LogP contribution in [0.2, 0.25) is 0 Å². The van der Waals surface area contributed by atoms with Crippen LogP contribution in [0.5, 0.6) is 0 Å². The summed E-state index contributed by atoms with van der Waals surface area (Å²) in [5, 5.41) is 5.10. The van der Waals surface area contributed by atoms with Gasteiger partial charge in [0.05, 0.1) is 13.4 Å². The van der Waals surface area contributed by atoms with Gasteiger partial charge in [-0.1, -0.05) is 0 Å². The van der Waals surface area contributed by atoms with Crippen LogP contribution >= 0.6 is 11.3 Å². The maximum absolute atomic E-state index is 5.31. The van der Waals surface area contributed by atoms with Crippen molar-refractivity contribution in [3.8, 4) is 0 Å². The van der Waals surface area contributed by atoms with Gasteiger partial charge in [-0.05, 0) is 30.4 Å². The highest BCUT2D eigenvalue weighted by Crippen LogP contribution is 2.35. The van der Waals surface area contributed by atoms with Gasteiger partial charge in [0.2, 0.25) is 0 Å². The monoisotopic (exact) mass is 222 g/mol. The zero-order valence-electron chi connectivity index (χ0n) is 9.07. The Labute approximate surface area is 93.5 Å². The molecule has 15 heavy (non-hydrogen) atoms. The lowest BCUT2D eigenvalue weighted by Gasteiger charge is -2.18. The van der Waals surface area contributed by atoms with Crippen LogP contribution in [0.4, 0.5) is 0 Å². The number of nitrogens with zero attached hydrogens (tertiary/aromatic N) is 1. The van der Waals surface area contributed by atoms with Crippen LogP contribution in [0.3, 0.4) is 0 Å². The Morgan fingerprint density at radius 3 is 2.87 bits per heavy atom. The van der Waals surface area contributed by atoms with E-state index in [1.165, 1.54) is 16.0 Å². The quantitative estimate of drug-likeness (QED) is 0.834. The molecule has 1 unspecified atom stereocenters. The van der Waals surface area contributed by atoms with Crippen LogP contribution in [0, 0.1) is 13.8 Å². The second kappa shape index (κ2) is 4.06. The normalized spacial score (nSPS) is 19.7. The molecule has 0 radical (unpaired) electrons. The van der Waals surface area contributed by atoms with E-state index in [1.807, 2.05) is 6.20 Å². The smallest absolute Gasteiger partial charge is 0.144 e. The van der Waals surface area contributed by atoms with Crippen molar-refractivity contribution < 1.29 is 4.74 Å². The van der Waals surface area contributed by atoms with Gasteiger partial charge in [-0.3, -0.25) is 4.99 Å². The van der Waals surface area contributed by atoms with Crippen molar-refractivity contribution in [2.24, 2.45) is 4.99 Å². The summed E-state index contributed by atoms with van der Waals surface area (Å²) in [6.45, 7) is 4.25. The molecule has 2 heterocycles. The van der Waals surface area contributed by atoms with Crippen LogP contribution in [0.15, 0.2) is 22.3 Å². The van der Waals surface area contributed by atoms with E-state index in [4.69, 9.17) is 4.74 Å². The first-order valence-corrected chi connectivity index (χ1v) is 5.68. The molecule has 2 rings (SSSR count). The molecule has 1 N–H and O–H groups in total. The van der Waals surface area contributed by atoms with Gasteiger partial charge in [-0.25, -0.2) is 0 Å². The van der Waals surface area contributed by atoms with Crippen LogP contribution in [-0.4, -0.2) is 13.4 Å². The van der Waals surface area contributed by atoms with Gasteiger partial charge in [0.25, 0.3) is 0 Å². The predicted molar refractivity (Wildman–Crippen MR) is 63.3 cm³/mol. The maximum atomic E-state index is 5.31. The third-order valence-electron chi connectivity index (χ3n) is 2.60. The summed E-state index contributed by atoms with van der Waals surface area (Å²) in [6, 6.07) is 0.0231. The molecule has 1 aromatic heterocycles. The summed E-state index contributed by atoms with van der Waals surface area (Å²) in [5.41, 5.74) is 2.63. The van der Waals surface area contributed by atoms with Gasteiger partial charge in [-0.15, -0.1) is 11.3 Å². The highest BCUT2D eigenvalue weighted by molar-refractivity contribution is 7.10. The lowest BCUT2D eigenvalue weighted by molar-refractivity contribution is 0.263. The molecule has 0 saturated heterocycles. The Balaban J connectivity index is 2.37. The van der Waals surface area contributed by atoms with Crippen LogP contribution in [-0.2, 0) is 4.74 Å². The van der Waals surface area contributed by atoms with Crippen molar-refractivity contribution in [1.29, 1.82) is 0 Å². The van der Waals surface area contributed by atoms with Gasteiger partial charge in [0, 0.05) is 11.1 Å². The Bertz CT molecular complexity index is 420. The summed E-state index contributed by atoms with van der Waals surface area (Å²) >= 11 is 1.74. The van der Waals surface area contributed by atoms with Crippen molar-refractivity contribution in [3.63, 3.8) is 0 Å². The van der Waals surface area contributed by atoms with E-state index in [2.05, 4.69) is 29.5 Å². The third kappa shape index (κ3) is 1.77. The van der Waals surface area contributed by atoms with Gasteiger partial charge in [-0.2, -0.15) is 0 Å². The van der Waals surface area contributed by atoms with Crippen LogP contribution in [0.1, 0.15) is 22.0 Å². The molecule has 4 heteroatoms. The largest absolute Gasteiger partial charge is 0.497 e. The topological polar surface area (TPSA) is 33.6 Å². The Morgan fingerprint density at radius 1 is 1.47 bits per heavy atom. The summed E-state index contributed by atoms with van der Waals surface area (Å²) < 4.78 is 5.31. The van der Waals surface area contributed by atoms with Crippen LogP contribution < -0.4 is 5.32 Å². The molecule has 1 atom stereocenters. The molecule has 0 saturated carbocycles. The Kier molecular flexibility index (Phi) is 2.77. The number of ether oxygens (including phenoxy) is 1. The minimum atomic E-state index is 0.0231. The fourth-order valence-electron chi connectivity index (χ4n) is 1.55. The number of nitrogens with one attached hydrogen (secondary N) is 1. The Morgan fingerprint density at radius 2 is 2.27 bits per heavy atom. The van der Waals surface area contributed by atoms with Gasteiger partial charge >= 0.3 is 0 Å². The van der Waals surface area contributed by atoms with Crippen molar-refractivity contribution >= 4 is 17.7 Å². The average Bonchev–Trinajstić information content (AvgIpc) is 2.60. The number of aryl methyl sites for hydroxylation is 1. The zero-order valence-corrected chi connectivity index (χ0v) is 9.89. The summed E-state index contributed by atoms with van der Waals surface area (Å²) in [4.78, 5) is 5.67. The van der Waals surface area contributed by atoms with Gasteiger partial charge < -0.3 is 10.1 Å². The van der Waals surface area contributed by atoms with E-state index in [-0.39, 0.29) is 6.04 Å². The van der Waals surface area contributed by atoms with Crippen molar-refractivity contribution in [2.75, 3.05) is 7.11 Å². The molecule has 1 aliphatic rings. The van der Waals surface area contributed by atoms with Gasteiger partial charge in [0.1, 0.15) is 11.8 Å². The molecule has 80 valence electrons. The average molecular weight is 222 g/mol. The summed E-state index contributed by atoms with van der Waals surface area (Å²) in [5.74, 6) is 0.863. The second-order valence-corrected chi connectivity index (χ2v) is 4.42. The molecule has 0 amide bonds. The Hall–Kier alpha value is -1.29. The fraction of sp³-hybridized carbons (Fsp3) is 0.364. The summed E-state index contributed by atoms with van der Waals surface area (Å²) in [7, 11) is 1.68. The highest BCUT2D eigenvalue weighted by atomic mass is 32.1. The first-order valence-electron chi connectivity index (χ1n) is 4.80. The third-order valence-corrected chi connectivity index (χ3v) is 3.86. The zero-order chi connectivity index (χ0) is 10.8. The molecule has 0 bridgehead atoms. The van der Waals surface area contributed by atoms with Crippen molar-refractivity contribution in [1.82, 2.24) is 5.32 Å². The second-order valence-electron chi connectivity index (χ2n) is 3.51. The predicted octanol–water partition coefficient (Wildman–Crippen LogP) is 2.53. The SMILES string of the molecule is COC1=CNC=NC1c1scc(C)c1C. The lowest BCUT2D eigenvalue weighted by Crippen LogP contribution is -2.15. The van der Waals surface area contributed by atoms with Gasteiger partial charge in [0.15, 0.2) is 0 Å². The van der Waals surface area contributed by atoms with E-state index in [0.29, 0.717) is 0 Å². The van der Waals surface area contributed by atoms with Crippen LogP contribution in [0.25, 0.3) is 0 Å². The first kappa shape index (κ1) is 10.2. The molecule has 1 aromatic rings. The van der Waals surface area contributed by atoms with E-state index >= 15 is 0 Å². The van der Waals surface area contributed by atoms with E-state index in [0.717, 1.165) is 5.76 Å². The highest BCUT2D eigenvalue weighted by Gasteiger charge is 2.22. The number of rotatable bonds is 2.